The normalized spacial score (nSPS) is 15.6. The van der Waals surface area contributed by atoms with Gasteiger partial charge in [0.2, 0.25) is 0 Å². The van der Waals surface area contributed by atoms with Crippen molar-refractivity contribution >= 4 is 17.8 Å². The second kappa shape index (κ2) is 11.2. The Morgan fingerprint density at radius 2 is 2.06 bits per heavy atom. The van der Waals surface area contributed by atoms with Gasteiger partial charge in [-0.25, -0.2) is 18.9 Å². The number of nitrogens with one attached hydrogen (secondary N) is 3. The Labute approximate surface area is 207 Å². The minimum Gasteiger partial charge on any atom is -0.383 e. The molecular weight excluding hydrogens is 469 g/mol. The van der Waals surface area contributed by atoms with Crippen LogP contribution >= 0.6 is 0 Å². The van der Waals surface area contributed by atoms with Gasteiger partial charge in [-0.1, -0.05) is 18.2 Å². The number of anilines is 1. The standard InChI is InChI=1S/C24H28FN7O4/c1-15-20(16-11-19(25)21(27-12-16)23(33)26-2)30-32(18-7-5-4-6-8-18)22(15)29-24(34)28-17-13-31(36-14-17)9-10-35-3/h4-8,11-12,17H,9-10,13-14H2,1-3H3,(H,26,33)(H2,28,29,34)/t17-/m1/s1. The van der Waals surface area contributed by atoms with Gasteiger partial charge in [0.1, 0.15) is 5.82 Å². The molecule has 1 atom stereocenters. The molecule has 3 amide bonds. The topological polar surface area (TPSA) is 123 Å². The number of benzene rings is 1. The van der Waals surface area contributed by atoms with Crippen molar-refractivity contribution in [2.75, 3.05) is 45.8 Å². The van der Waals surface area contributed by atoms with Gasteiger partial charge in [0.15, 0.2) is 11.5 Å². The molecule has 1 aliphatic rings. The predicted octanol–water partition coefficient (Wildman–Crippen LogP) is 2.13. The first-order valence-corrected chi connectivity index (χ1v) is 11.4. The average Bonchev–Trinajstić information content (AvgIpc) is 3.46. The molecule has 1 aliphatic heterocycles. The third-order valence-corrected chi connectivity index (χ3v) is 5.67. The molecule has 0 radical (unpaired) electrons. The molecule has 2 aromatic heterocycles. The van der Waals surface area contributed by atoms with Crippen molar-refractivity contribution in [3.05, 3.63) is 59.7 Å². The molecule has 3 N–H and O–H groups in total. The molecular formula is C24H28FN7O4. The van der Waals surface area contributed by atoms with Crippen LogP contribution in [0.1, 0.15) is 16.1 Å². The molecule has 12 heteroatoms. The van der Waals surface area contributed by atoms with E-state index in [2.05, 4.69) is 26.0 Å². The van der Waals surface area contributed by atoms with Gasteiger partial charge in [-0.05, 0) is 25.1 Å². The Morgan fingerprint density at radius 3 is 2.75 bits per heavy atom. The molecule has 0 aliphatic carbocycles. The second-order valence-electron chi connectivity index (χ2n) is 8.18. The largest absolute Gasteiger partial charge is 0.383 e. The number of hydrogen-bond acceptors (Lipinski definition) is 7. The number of hydrogen-bond donors (Lipinski definition) is 3. The van der Waals surface area contributed by atoms with E-state index in [0.717, 1.165) is 0 Å². The molecule has 11 nitrogen and oxygen atoms in total. The Kier molecular flexibility index (Phi) is 7.88. The van der Waals surface area contributed by atoms with Crippen molar-refractivity contribution < 1.29 is 23.6 Å². The van der Waals surface area contributed by atoms with Crippen LogP contribution in [0.3, 0.4) is 0 Å². The molecule has 1 fully saturated rings. The van der Waals surface area contributed by atoms with Crippen molar-refractivity contribution in [3.8, 4) is 16.9 Å². The number of ether oxygens (including phenoxy) is 1. The van der Waals surface area contributed by atoms with Crippen molar-refractivity contribution in [2.24, 2.45) is 0 Å². The summed E-state index contributed by atoms with van der Waals surface area (Å²) in [6.45, 7) is 3.77. The second-order valence-corrected chi connectivity index (χ2v) is 8.18. The zero-order valence-corrected chi connectivity index (χ0v) is 20.2. The number of urea groups is 1. The number of carbonyl (C=O) groups is 2. The van der Waals surface area contributed by atoms with E-state index in [0.29, 0.717) is 54.6 Å². The maximum Gasteiger partial charge on any atom is 0.320 e. The first-order chi connectivity index (χ1) is 17.4. The van der Waals surface area contributed by atoms with Gasteiger partial charge in [0.25, 0.3) is 5.91 Å². The van der Waals surface area contributed by atoms with Crippen LogP contribution in [0, 0.1) is 12.7 Å². The van der Waals surface area contributed by atoms with Gasteiger partial charge in [-0.2, -0.15) is 10.2 Å². The van der Waals surface area contributed by atoms with Gasteiger partial charge >= 0.3 is 6.03 Å². The van der Waals surface area contributed by atoms with E-state index in [1.165, 1.54) is 19.3 Å². The monoisotopic (exact) mass is 497 g/mol. The number of pyridine rings is 1. The Bertz CT molecular complexity index is 1230. The molecule has 0 saturated carbocycles. The summed E-state index contributed by atoms with van der Waals surface area (Å²) in [4.78, 5) is 34.3. The molecule has 1 aromatic carbocycles. The summed E-state index contributed by atoms with van der Waals surface area (Å²) in [5.41, 5.74) is 1.78. The van der Waals surface area contributed by atoms with Gasteiger partial charge < -0.3 is 15.4 Å². The quantitative estimate of drug-likeness (QED) is 0.436. The van der Waals surface area contributed by atoms with Crippen molar-refractivity contribution in [2.45, 2.75) is 13.0 Å². The predicted molar refractivity (Wildman–Crippen MR) is 130 cm³/mol. The number of hydroxylamine groups is 2. The minimum atomic E-state index is -0.771. The molecule has 0 bridgehead atoms. The summed E-state index contributed by atoms with van der Waals surface area (Å²) in [6.07, 6.45) is 1.38. The van der Waals surface area contributed by atoms with Gasteiger partial charge in [-0.15, -0.1) is 0 Å². The fraction of sp³-hybridized carbons (Fsp3) is 0.333. The van der Waals surface area contributed by atoms with Crippen molar-refractivity contribution in [1.29, 1.82) is 0 Å². The van der Waals surface area contributed by atoms with Crippen LogP contribution in [0.15, 0.2) is 42.6 Å². The molecule has 0 unspecified atom stereocenters. The Morgan fingerprint density at radius 1 is 1.28 bits per heavy atom. The van der Waals surface area contributed by atoms with E-state index >= 15 is 0 Å². The molecule has 190 valence electrons. The van der Waals surface area contributed by atoms with E-state index in [1.807, 2.05) is 30.3 Å². The lowest BCUT2D eigenvalue weighted by Gasteiger charge is -2.15. The highest BCUT2D eigenvalue weighted by atomic mass is 19.1. The Balaban J connectivity index is 1.60. The third-order valence-electron chi connectivity index (χ3n) is 5.67. The number of para-hydroxylation sites is 1. The first kappa shape index (κ1) is 25.2. The maximum atomic E-state index is 14.6. The van der Waals surface area contributed by atoms with Crippen LogP contribution in [0.5, 0.6) is 0 Å². The number of aromatic nitrogens is 3. The minimum absolute atomic E-state index is 0.203. The summed E-state index contributed by atoms with van der Waals surface area (Å²) in [6, 6.07) is 9.81. The maximum absolute atomic E-state index is 14.6. The van der Waals surface area contributed by atoms with Gasteiger partial charge in [0.05, 0.1) is 30.6 Å². The summed E-state index contributed by atoms with van der Waals surface area (Å²) in [5, 5.41) is 14.5. The molecule has 1 saturated heterocycles. The van der Waals surface area contributed by atoms with E-state index < -0.39 is 17.8 Å². The molecule has 3 heterocycles. The zero-order chi connectivity index (χ0) is 25.7. The van der Waals surface area contributed by atoms with Gasteiger partial charge in [0, 0.05) is 44.6 Å². The highest BCUT2D eigenvalue weighted by Gasteiger charge is 2.26. The lowest BCUT2D eigenvalue weighted by molar-refractivity contribution is -0.118. The van der Waals surface area contributed by atoms with Crippen LogP contribution in [-0.2, 0) is 9.57 Å². The van der Waals surface area contributed by atoms with E-state index in [4.69, 9.17) is 9.57 Å². The number of halogens is 1. The number of amides is 3. The van der Waals surface area contributed by atoms with Gasteiger partial charge in [-0.3, -0.25) is 14.9 Å². The van der Waals surface area contributed by atoms with Crippen molar-refractivity contribution in [1.82, 2.24) is 30.5 Å². The molecule has 3 aromatic rings. The highest BCUT2D eigenvalue weighted by Crippen LogP contribution is 2.31. The fourth-order valence-electron chi connectivity index (χ4n) is 3.84. The number of carbonyl (C=O) groups excluding carboxylic acids is 2. The lowest BCUT2D eigenvalue weighted by Crippen LogP contribution is -2.41. The van der Waals surface area contributed by atoms with E-state index in [9.17, 15) is 14.0 Å². The van der Waals surface area contributed by atoms with Crippen LogP contribution in [-0.4, -0.2) is 78.3 Å². The summed E-state index contributed by atoms with van der Waals surface area (Å²) in [5.74, 6) is -0.979. The van der Waals surface area contributed by atoms with Crippen LogP contribution in [0.25, 0.3) is 16.9 Å². The number of methoxy groups -OCH3 is 1. The van der Waals surface area contributed by atoms with Crippen LogP contribution < -0.4 is 16.0 Å². The summed E-state index contributed by atoms with van der Waals surface area (Å²) < 4.78 is 21.3. The number of nitrogens with zero attached hydrogens (tertiary/aromatic N) is 4. The van der Waals surface area contributed by atoms with Crippen molar-refractivity contribution in [3.63, 3.8) is 0 Å². The van der Waals surface area contributed by atoms with Crippen LogP contribution in [0.4, 0.5) is 15.0 Å². The number of rotatable bonds is 8. The molecule has 4 rings (SSSR count). The molecule has 36 heavy (non-hydrogen) atoms. The first-order valence-electron chi connectivity index (χ1n) is 11.4. The van der Waals surface area contributed by atoms with E-state index in [1.54, 1.807) is 23.8 Å². The van der Waals surface area contributed by atoms with Crippen LogP contribution in [0.2, 0.25) is 0 Å². The summed E-state index contributed by atoms with van der Waals surface area (Å²) >= 11 is 0. The SMILES string of the molecule is CNC(=O)c1ncc(-c2nn(-c3ccccc3)c(NC(=O)N[C@H]3CON(CCOC)C3)c2C)cc1F. The fourth-order valence-corrected chi connectivity index (χ4v) is 3.84. The third kappa shape index (κ3) is 5.51. The van der Waals surface area contributed by atoms with E-state index in [-0.39, 0.29) is 11.7 Å². The average molecular weight is 498 g/mol. The lowest BCUT2D eigenvalue weighted by atomic mass is 10.1. The Hall–Kier alpha value is -3.87. The smallest absolute Gasteiger partial charge is 0.320 e. The summed E-state index contributed by atoms with van der Waals surface area (Å²) in [7, 11) is 3.02. The zero-order valence-electron chi connectivity index (χ0n) is 20.2. The highest BCUT2D eigenvalue weighted by molar-refractivity contribution is 5.93. The molecule has 0 spiro atoms.